The Bertz CT molecular complexity index is 853. The molecule has 2 N–H and O–H groups in total. The Kier molecular flexibility index (Phi) is 6.97. The van der Waals surface area contributed by atoms with Crippen molar-refractivity contribution in [2.24, 2.45) is 0 Å². The number of carboxylic acid groups (broad SMARTS) is 1. The summed E-state index contributed by atoms with van der Waals surface area (Å²) in [7, 11) is 0. The maximum atomic E-state index is 13.3. The summed E-state index contributed by atoms with van der Waals surface area (Å²) in [6.45, 7) is 1.92. The van der Waals surface area contributed by atoms with Gasteiger partial charge < -0.3 is 15.2 Å². The van der Waals surface area contributed by atoms with Gasteiger partial charge >= 0.3 is 18.1 Å². The van der Waals surface area contributed by atoms with E-state index in [1.807, 2.05) is 0 Å². The summed E-state index contributed by atoms with van der Waals surface area (Å²) in [4.78, 5) is 26.7. The van der Waals surface area contributed by atoms with Crippen molar-refractivity contribution in [3.63, 3.8) is 0 Å². The molecule has 0 unspecified atom stereocenters. The first kappa shape index (κ1) is 21.2. The van der Waals surface area contributed by atoms with Crippen LogP contribution in [0.1, 0.15) is 35.8 Å². The van der Waals surface area contributed by atoms with E-state index in [-0.39, 0.29) is 48.5 Å². The van der Waals surface area contributed by atoms with Crippen molar-refractivity contribution in [2.45, 2.75) is 25.9 Å². The van der Waals surface area contributed by atoms with E-state index < -0.39 is 23.7 Å². The highest BCUT2D eigenvalue weighted by Gasteiger charge is 2.33. The molecule has 0 aliphatic rings. The Morgan fingerprint density at radius 3 is 2.61 bits per heavy atom. The topological polar surface area (TPSA) is 88.5 Å². The first-order chi connectivity index (χ1) is 13.2. The number of anilines is 1. The van der Waals surface area contributed by atoms with Gasteiger partial charge in [0.05, 0.1) is 17.9 Å². The number of nitrogens with one attached hydrogen (secondary N) is 1. The summed E-state index contributed by atoms with van der Waals surface area (Å²) in [5.74, 6) is -1.70. The molecule has 6 nitrogen and oxygen atoms in total. The Morgan fingerprint density at radius 1 is 1.25 bits per heavy atom. The summed E-state index contributed by atoms with van der Waals surface area (Å²) in [6.07, 6.45) is -3.20. The van der Waals surface area contributed by atoms with E-state index in [0.717, 1.165) is 6.07 Å². The minimum Gasteiger partial charge on any atom is -0.481 e. The number of halogens is 3. The molecule has 0 saturated carbocycles. The molecule has 150 valence electrons. The maximum Gasteiger partial charge on any atom is 0.417 e. The third kappa shape index (κ3) is 5.45. The fraction of sp³-hybridized carbons (Fsp3) is 0.316. The highest BCUT2D eigenvalue weighted by molar-refractivity contribution is 5.94. The van der Waals surface area contributed by atoms with Gasteiger partial charge in [0.1, 0.15) is 0 Å². The first-order valence-electron chi connectivity index (χ1n) is 8.53. The van der Waals surface area contributed by atoms with Crippen molar-refractivity contribution in [3.05, 3.63) is 47.8 Å². The number of esters is 1. The van der Waals surface area contributed by atoms with Crippen LogP contribution in [0.25, 0.3) is 11.1 Å². The molecule has 1 aromatic heterocycles. The molecule has 0 saturated heterocycles. The predicted molar refractivity (Wildman–Crippen MR) is 96.0 cm³/mol. The molecule has 0 fully saturated rings. The van der Waals surface area contributed by atoms with Crippen LogP contribution in [0.2, 0.25) is 0 Å². The van der Waals surface area contributed by atoms with E-state index in [9.17, 15) is 22.8 Å². The van der Waals surface area contributed by atoms with Gasteiger partial charge in [0.15, 0.2) is 5.69 Å². The molecule has 0 bridgehead atoms. The number of rotatable bonds is 8. The molecule has 0 amide bonds. The number of hydrogen-bond acceptors (Lipinski definition) is 5. The third-order valence-electron chi connectivity index (χ3n) is 3.78. The minimum atomic E-state index is -4.55. The zero-order chi connectivity index (χ0) is 20.7. The molecule has 1 heterocycles. The van der Waals surface area contributed by atoms with Crippen molar-refractivity contribution in [3.8, 4) is 11.1 Å². The average Bonchev–Trinajstić information content (AvgIpc) is 2.64. The smallest absolute Gasteiger partial charge is 0.417 e. The number of hydrogen-bond donors (Lipinski definition) is 2. The van der Waals surface area contributed by atoms with Gasteiger partial charge in [-0.15, -0.1) is 0 Å². The zero-order valence-electron chi connectivity index (χ0n) is 15.0. The van der Waals surface area contributed by atoms with Gasteiger partial charge in [-0.25, -0.2) is 9.78 Å². The van der Waals surface area contributed by atoms with E-state index in [4.69, 9.17) is 9.84 Å². The lowest BCUT2D eigenvalue weighted by molar-refractivity contribution is -0.138. The number of benzene rings is 1. The number of carbonyl (C=O) groups is 2. The maximum absolute atomic E-state index is 13.3. The molecule has 2 aromatic rings. The average molecular weight is 396 g/mol. The number of aromatic nitrogens is 1. The molecule has 0 atom stereocenters. The van der Waals surface area contributed by atoms with Gasteiger partial charge in [-0.3, -0.25) is 4.79 Å². The number of nitrogens with zero attached hydrogens (tertiary/aromatic N) is 1. The van der Waals surface area contributed by atoms with Gasteiger partial charge in [0, 0.05) is 24.7 Å². The second-order valence-corrected chi connectivity index (χ2v) is 5.81. The van der Waals surface area contributed by atoms with Crippen molar-refractivity contribution in [1.82, 2.24) is 4.98 Å². The largest absolute Gasteiger partial charge is 0.481 e. The first-order valence-corrected chi connectivity index (χ1v) is 8.53. The standard InChI is InChI=1S/C19H19F3N2O4/c1-2-28-18(27)17-15(23-9-5-8-16(25)26)10-12(11-24-17)13-6-3-4-7-14(13)19(20,21)22/h3-4,6-7,10-11,23H,2,5,8-9H2,1H3,(H,25,26). The third-order valence-corrected chi connectivity index (χ3v) is 3.78. The van der Waals surface area contributed by atoms with Crippen molar-refractivity contribution in [2.75, 3.05) is 18.5 Å². The minimum absolute atomic E-state index is 0.0773. The van der Waals surface area contributed by atoms with Crippen LogP contribution in [0.4, 0.5) is 18.9 Å². The van der Waals surface area contributed by atoms with E-state index in [1.165, 1.54) is 30.5 Å². The Labute approximate surface area is 159 Å². The number of carboxylic acids is 1. The number of ether oxygens (including phenoxy) is 1. The highest BCUT2D eigenvalue weighted by Crippen LogP contribution is 2.37. The molecule has 0 aliphatic heterocycles. The number of pyridine rings is 1. The lowest BCUT2D eigenvalue weighted by Gasteiger charge is -2.15. The number of carbonyl (C=O) groups excluding carboxylic acids is 1. The van der Waals surface area contributed by atoms with Crippen LogP contribution >= 0.6 is 0 Å². The number of aliphatic carboxylic acids is 1. The second kappa shape index (κ2) is 9.20. The van der Waals surface area contributed by atoms with E-state index in [2.05, 4.69) is 10.3 Å². The molecular formula is C19H19F3N2O4. The highest BCUT2D eigenvalue weighted by atomic mass is 19.4. The summed E-state index contributed by atoms with van der Waals surface area (Å²) < 4.78 is 44.8. The fourth-order valence-electron chi connectivity index (χ4n) is 2.55. The van der Waals surface area contributed by atoms with Crippen molar-refractivity contribution < 1.29 is 32.6 Å². The molecule has 0 spiro atoms. The van der Waals surface area contributed by atoms with Gasteiger partial charge in [-0.05, 0) is 31.0 Å². The van der Waals surface area contributed by atoms with Gasteiger partial charge in [0.2, 0.25) is 0 Å². The Balaban J connectivity index is 2.41. The monoisotopic (exact) mass is 396 g/mol. The van der Waals surface area contributed by atoms with Crippen molar-refractivity contribution >= 4 is 17.6 Å². The second-order valence-electron chi connectivity index (χ2n) is 5.81. The Hall–Kier alpha value is -3.10. The molecule has 1 aromatic carbocycles. The SMILES string of the molecule is CCOC(=O)c1ncc(-c2ccccc2C(F)(F)F)cc1NCCCC(=O)O. The van der Waals surface area contributed by atoms with Crippen LogP contribution < -0.4 is 5.32 Å². The normalized spacial score (nSPS) is 11.1. The van der Waals surface area contributed by atoms with Crippen LogP contribution in [0, 0.1) is 0 Å². The summed E-state index contributed by atoms with van der Waals surface area (Å²) >= 11 is 0. The summed E-state index contributed by atoms with van der Waals surface area (Å²) in [5.41, 5.74) is -0.630. The van der Waals surface area contributed by atoms with E-state index in [0.29, 0.717) is 0 Å². The summed E-state index contributed by atoms with van der Waals surface area (Å²) in [6, 6.07) is 6.43. The number of alkyl halides is 3. The lowest BCUT2D eigenvalue weighted by atomic mass is 10.00. The molecule has 28 heavy (non-hydrogen) atoms. The van der Waals surface area contributed by atoms with Gasteiger partial charge in [-0.1, -0.05) is 18.2 Å². The summed E-state index contributed by atoms with van der Waals surface area (Å²) in [5, 5.41) is 11.6. The molecule has 0 aliphatic carbocycles. The van der Waals surface area contributed by atoms with Crippen molar-refractivity contribution in [1.29, 1.82) is 0 Å². The van der Waals surface area contributed by atoms with Crippen LogP contribution in [-0.4, -0.2) is 35.2 Å². The van der Waals surface area contributed by atoms with E-state index >= 15 is 0 Å². The van der Waals surface area contributed by atoms with Gasteiger partial charge in [-0.2, -0.15) is 13.2 Å². The predicted octanol–water partition coefficient (Wildman–Crippen LogP) is 4.22. The fourth-order valence-corrected chi connectivity index (χ4v) is 2.55. The molecular weight excluding hydrogens is 377 g/mol. The molecule has 9 heteroatoms. The van der Waals surface area contributed by atoms with E-state index in [1.54, 1.807) is 6.92 Å². The van der Waals surface area contributed by atoms with Gasteiger partial charge in [0.25, 0.3) is 0 Å². The lowest BCUT2D eigenvalue weighted by Crippen LogP contribution is -2.14. The quantitative estimate of drug-likeness (QED) is 0.513. The van der Waals surface area contributed by atoms with Crippen LogP contribution in [0.15, 0.2) is 36.5 Å². The zero-order valence-corrected chi connectivity index (χ0v) is 15.0. The van der Waals surface area contributed by atoms with Crippen LogP contribution in [0.5, 0.6) is 0 Å². The molecule has 2 rings (SSSR count). The Morgan fingerprint density at radius 2 is 1.96 bits per heavy atom. The molecule has 0 radical (unpaired) electrons. The van der Waals surface area contributed by atoms with Crippen LogP contribution in [-0.2, 0) is 15.7 Å². The van der Waals surface area contributed by atoms with Crippen LogP contribution in [0.3, 0.4) is 0 Å².